The van der Waals surface area contributed by atoms with Crippen LogP contribution in [-0.4, -0.2) is 46.2 Å². The van der Waals surface area contributed by atoms with Crippen LogP contribution in [-0.2, 0) is 24.3 Å². The molecular weight excluding hydrogens is 230 g/mol. The van der Waals surface area contributed by atoms with Gasteiger partial charge in [-0.3, -0.25) is 4.79 Å². The number of hydrogen-bond donors (Lipinski definition) is 1. The highest BCUT2D eigenvalue weighted by Gasteiger charge is 2.19. The van der Waals surface area contributed by atoms with Crippen molar-refractivity contribution in [2.45, 2.75) is 38.8 Å². The Bertz CT molecular complexity index is 415. The minimum Gasteiger partial charge on any atom is -0.338 e. The minimum absolute atomic E-state index is 0.167. The van der Waals surface area contributed by atoms with Crippen molar-refractivity contribution in [3.8, 4) is 0 Å². The smallest absolute Gasteiger partial charge is 0.222 e. The molecule has 0 radical (unpaired) electrons. The van der Waals surface area contributed by atoms with Crippen LogP contribution in [0.3, 0.4) is 0 Å². The zero-order valence-corrected chi connectivity index (χ0v) is 11.1. The summed E-state index contributed by atoms with van der Waals surface area (Å²) in [5.74, 6) is 2.13. The molecule has 6 heteroatoms. The second kappa shape index (κ2) is 5.95. The summed E-state index contributed by atoms with van der Waals surface area (Å²) in [6, 6.07) is 0. The van der Waals surface area contributed by atoms with Gasteiger partial charge in [0.15, 0.2) is 5.82 Å². The maximum Gasteiger partial charge on any atom is 0.222 e. The molecular formula is C12H21N5O. The summed E-state index contributed by atoms with van der Waals surface area (Å²) < 4.78 is 2.14. The Balaban J connectivity index is 1.86. The summed E-state index contributed by atoms with van der Waals surface area (Å²) >= 11 is 0. The van der Waals surface area contributed by atoms with Crippen molar-refractivity contribution in [3.63, 3.8) is 0 Å². The molecule has 100 valence electrons. The average Bonchev–Trinajstić information content (AvgIpc) is 2.94. The van der Waals surface area contributed by atoms with E-state index in [0.29, 0.717) is 13.0 Å². The van der Waals surface area contributed by atoms with Crippen molar-refractivity contribution in [1.29, 1.82) is 0 Å². The molecule has 0 spiro atoms. The van der Waals surface area contributed by atoms with Gasteiger partial charge in [0.1, 0.15) is 5.82 Å². The average molecular weight is 251 g/mol. The number of amides is 1. The lowest BCUT2D eigenvalue weighted by Gasteiger charge is -2.16. The van der Waals surface area contributed by atoms with E-state index in [0.717, 1.165) is 44.0 Å². The lowest BCUT2D eigenvalue weighted by molar-refractivity contribution is -0.130. The standard InChI is InChI=1S/C12H21N5O/c1-13-7-3-6-12(18)16(2)9-11-15-14-10-5-4-8-17(10)11/h13H,3-9H2,1-2H3. The zero-order chi connectivity index (χ0) is 13.0. The minimum atomic E-state index is 0.167. The molecule has 2 heterocycles. The van der Waals surface area contributed by atoms with E-state index >= 15 is 0 Å². The van der Waals surface area contributed by atoms with Crippen LogP contribution in [0.1, 0.15) is 30.9 Å². The molecule has 0 aromatic carbocycles. The molecule has 0 fully saturated rings. The second-order valence-electron chi connectivity index (χ2n) is 4.74. The second-order valence-corrected chi connectivity index (χ2v) is 4.74. The molecule has 0 aliphatic carbocycles. The third kappa shape index (κ3) is 2.87. The van der Waals surface area contributed by atoms with Crippen molar-refractivity contribution >= 4 is 5.91 Å². The third-order valence-corrected chi connectivity index (χ3v) is 3.31. The molecule has 6 nitrogen and oxygen atoms in total. The van der Waals surface area contributed by atoms with Crippen LogP contribution in [0.15, 0.2) is 0 Å². The molecule has 1 aliphatic heterocycles. The van der Waals surface area contributed by atoms with Gasteiger partial charge in [-0.15, -0.1) is 10.2 Å². The quantitative estimate of drug-likeness (QED) is 0.733. The van der Waals surface area contributed by atoms with Gasteiger partial charge in [-0.2, -0.15) is 0 Å². The first kappa shape index (κ1) is 13.0. The van der Waals surface area contributed by atoms with Gasteiger partial charge in [0.05, 0.1) is 6.54 Å². The van der Waals surface area contributed by atoms with Gasteiger partial charge in [-0.1, -0.05) is 0 Å². The van der Waals surface area contributed by atoms with Crippen LogP contribution < -0.4 is 5.32 Å². The highest BCUT2D eigenvalue weighted by atomic mass is 16.2. The number of fused-ring (bicyclic) bond motifs is 1. The molecule has 1 N–H and O–H groups in total. The van der Waals surface area contributed by atoms with E-state index in [2.05, 4.69) is 20.1 Å². The molecule has 18 heavy (non-hydrogen) atoms. The van der Waals surface area contributed by atoms with Gasteiger partial charge in [-0.05, 0) is 26.4 Å². The fraction of sp³-hybridized carbons (Fsp3) is 0.750. The molecule has 0 saturated carbocycles. The molecule has 0 unspecified atom stereocenters. The van der Waals surface area contributed by atoms with E-state index in [4.69, 9.17) is 0 Å². The van der Waals surface area contributed by atoms with Crippen molar-refractivity contribution in [2.75, 3.05) is 20.6 Å². The topological polar surface area (TPSA) is 63.1 Å². The largest absolute Gasteiger partial charge is 0.338 e. The van der Waals surface area contributed by atoms with Crippen molar-refractivity contribution in [2.24, 2.45) is 0 Å². The van der Waals surface area contributed by atoms with Gasteiger partial charge in [0, 0.05) is 26.4 Å². The summed E-state index contributed by atoms with van der Waals surface area (Å²) in [5, 5.41) is 11.4. The summed E-state index contributed by atoms with van der Waals surface area (Å²) in [7, 11) is 3.73. The van der Waals surface area contributed by atoms with E-state index < -0.39 is 0 Å². The van der Waals surface area contributed by atoms with Crippen molar-refractivity contribution in [3.05, 3.63) is 11.6 Å². The van der Waals surface area contributed by atoms with Crippen LogP contribution in [0.4, 0.5) is 0 Å². The molecule has 2 rings (SSSR count). The number of nitrogens with one attached hydrogen (secondary N) is 1. The van der Waals surface area contributed by atoms with Gasteiger partial charge < -0.3 is 14.8 Å². The Hall–Kier alpha value is -1.43. The molecule has 0 bridgehead atoms. The third-order valence-electron chi connectivity index (χ3n) is 3.31. The maximum atomic E-state index is 11.9. The van der Waals surface area contributed by atoms with Crippen LogP contribution in [0, 0.1) is 0 Å². The van der Waals surface area contributed by atoms with Crippen LogP contribution in [0.5, 0.6) is 0 Å². The number of aromatic nitrogens is 3. The highest BCUT2D eigenvalue weighted by molar-refractivity contribution is 5.75. The number of nitrogens with zero attached hydrogens (tertiary/aromatic N) is 4. The monoisotopic (exact) mass is 251 g/mol. The Morgan fingerprint density at radius 3 is 3.11 bits per heavy atom. The Morgan fingerprint density at radius 2 is 2.33 bits per heavy atom. The van der Waals surface area contributed by atoms with E-state index in [9.17, 15) is 4.79 Å². The summed E-state index contributed by atoms with van der Waals surface area (Å²) in [6.07, 6.45) is 3.60. The number of carbonyl (C=O) groups is 1. The SMILES string of the molecule is CNCCCC(=O)N(C)Cc1nnc2n1CCC2. The predicted octanol–water partition coefficient (Wildman–Crippen LogP) is 0.182. The fourth-order valence-corrected chi connectivity index (χ4v) is 2.24. The first-order valence-corrected chi connectivity index (χ1v) is 6.52. The first-order chi connectivity index (χ1) is 8.72. The molecule has 1 aromatic heterocycles. The van der Waals surface area contributed by atoms with Gasteiger partial charge >= 0.3 is 0 Å². The number of hydrogen-bond acceptors (Lipinski definition) is 4. The van der Waals surface area contributed by atoms with Crippen LogP contribution >= 0.6 is 0 Å². The normalized spacial score (nSPS) is 13.7. The highest BCUT2D eigenvalue weighted by Crippen LogP contribution is 2.15. The Kier molecular flexibility index (Phi) is 4.30. The lowest BCUT2D eigenvalue weighted by atomic mass is 10.3. The number of carbonyl (C=O) groups excluding carboxylic acids is 1. The first-order valence-electron chi connectivity index (χ1n) is 6.52. The van der Waals surface area contributed by atoms with Gasteiger partial charge in [-0.25, -0.2) is 0 Å². The Labute approximate surface area is 107 Å². The lowest BCUT2D eigenvalue weighted by Crippen LogP contribution is -2.28. The Morgan fingerprint density at radius 1 is 1.50 bits per heavy atom. The predicted molar refractivity (Wildman–Crippen MR) is 68.0 cm³/mol. The van der Waals surface area contributed by atoms with Crippen LogP contribution in [0.25, 0.3) is 0 Å². The molecule has 0 saturated heterocycles. The molecule has 1 aromatic rings. The number of aryl methyl sites for hydroxylation is 1. The maximum absolute atomic E-state index is 11.9. The van der Waals surface area contributed by atoms with Crippen LogP contribution in [0.2, 0.25) is 0 Å². The van der Waals surface area contributed by atoms with Gasteiger partial charge in [0.25, 0.3) is 0 Å². The number of rotatable bonds is 6. The molecule has 0 atom stereocenters. The molecule has 1 aliphatic rings. The van der Waals surface area contributed by atoms with E-state index in [-0.39, 0.29) is 5.91 Å². The summed E-state index contributed by atoms with van der Waals surface area (Å²) in [6.45, 7) is 2.42. The van der Waals surface area contributed by atoms with E-state index in [1.165, 1.54) is 0 Å². The van der Waals surface area contributed by atoms with Crippen molar-refractivity contribution < 1.29 is 4.79 Å². The van der Waals surface area contributed by atoms with E-state index in [1.54, 1.807) is 4.90 Å². The van der Waals surface area contributed by atoms with Crippen molar-refractivity contribution in [1.82, 2.24) is 25.0 Å². The van der Waals surface area contributed by atoms with Gasteiger partial charge in [0.2, 0.25) is 5.91 Å². The molecule has 1 amide bonds. The summed E-state index contributed by atoms with van der Waals surface area (Å²) in [5.41, 5.74) is 0. The van der Waals surface area contributed by atoms with E-state index in [1.807, 2.05) is 14.1 Å². The fourth-order valence-electron chi connectivity index (χ4n) is 2.24. The summed E-state index contributed by atoms with van der Waals surface area (Å²) in [4.78, 5) is 13.6. The zero-order valence-electron chi connectivity index (χ0n) is 11.1.